The lowest BCUT2D eigenvalue weighted by Crippen LogP contribution is -2.46. The first-order chi connectivity index (χ1) is 14.0. The van der Waals surface area contributed by atoms with Crippen LogP contribution in [0.3, 0.4) is 0 Å². The normalized spacial score (nSPS) is 15.8. The molecule has 4 rings (SSSR count). The summed E-state index contributed by atoms with van der Waals surface area (Å²) < 4.78 is 0. The summed E-state index contributed by atoms with van der Waals surface area (Å²) in [5, 5.41) is 19.2. The third-order valence-corrected chi connectivity index (χ3v) is 5.41. The number of hydrogen-bond acceptors (Lipinski definition) is 5. The van der Waals surface area contributed by atoms with Gasteiger partial charge in [-0.05, 0) is 29.8 Å². The molecular formula is C21H24N4O4. The number of hydrogen-bond donors (Lipinski definition) is 4. The summed E-state index contributed by atoms with van der Waals surface area (Å²) >= 11 is 0. The largest absolute Gasteiger partial charge is 0.478 e. The van der Waals surface area contributed by atoms with Gasteiger partial charge in [0.25, 0.3) is 5.56 Å². The van der Waals surface area contributed by atoms with E-state index in [1.54, 1.807) is 0 Å². The fourth-order valence-corrected chi connectivity index (χ4v) is 3.80. The Kier molecular flexibility index (Phi) is 5.48. The van der Waals surface area contributed by atoms with Crippen molar-refractivity contribution in [3.8, 4) is 11.3 Å². The van der Waals surface area contributed by atoms with Crippen molar-refractivity contribution < 1.29 is 15.0 Å². The Morgan fingerprint density at radius 3 is 2.55 bits per heavy atom. The lowest BCUT2D eigenvalue weighted by molar-refractivity contribution is 0.0696. The van der Waals surface area contributed by atoms with Gasteiger partial charge in [-0.3, -0.25) is 14.6 Å². The number of nitrogens with one attached hydrogen (secondary N) is 2. The van der Waals surface area contributed by atoms with E-state index in [9.17, 15) is 14.7 Å². The molecule has 1 saturated heterocycles. The molecule has 0 spiro atoms. The Labute approximate surface area is 167 Å². The minimum Gasteiger partial charge on any atom is -0.478 e. The molecule has 0 atom stereocenters. The Bertz CT molecular complexity index is 1080. The van der Waals surface area contributed by atoms with Gasteiger partial charge in [0.1, 0.15) is 0 Å². The number of H-pyrrole nitrogens is 2. The summed E-state index contributed by atoms with van der Waals surface area (Å²) in [6.07, 6.45) is 1.20. The summed E-state index contributed by atoms with van der Waals surface area (Å²) in [5.41, 5.74) is 2.70. The lowest BCUT2D eigenvalue weighted by atomic mass is 10.1. The first-order valence-corrected chi connectivity index (χ1v) is 9.67. The number of carbonyl (C=O) groups is 1. The van der Waals surface area contributed by atoms with E-state index in [1.165, 1.54) is 17.8 Å². The van der Waals surface area contributed by atoms with E-state index in [2.05, 4.69) is 31.9 Å². The summed E-state index contributed by atoms with van der Waals surface area (Å²) in [5.74, 6) is -1.08. The molecule has 4 N–H and O–H groups in total. The molecule has 152 valence electrons. The molecule has 0 bridgehead atoms. The predicted molar refractivity (Wildman–Crippen MR) is 110 cm³/mol. The Balaban J connectivity index is 1.54. The number of aromatic amines is 2. The number of aromatic carboxylic acids is 1. The maximum atomic E-state index is 12.2. The number of rotatable bonds is 6. The van der Waals surface area contributed by atoms with Crippen molar-refractivity contribution in [1.82, 2.24) is 19.8 Å². The standard InChI is InChI=1S/C21H24N4O4/c26-8-7-24-3-5-25(6-4-24)13-14-1-2-18-15(9-14)11-19(23-18)17-10-16(21(28)29)12-22-20(17)27/h1-2,9-12,23,26H,3-8,13H2,(H,22,27)(H,28,29). The molecular weight excluding hydrogens is 372 g/mol. The highest BCUT2D eigenvalue weighted by Gasteiger charge is 2.17. The van der Waals surface area contributed by atoms with E-state index >= 15 is 0 Å². The third-order valence-electron chi connectivity index (χ3n) is 5.41. The number of nitrogens with zero attached hydrogens (tertiary/aromatic N) is 2. The van der Waals surface area contributed by atoms with Crippen molar-refractivity contribution in [1.29, 1.82) is 0 Å². The number of aliphatic hydroxyl groups excluding tert-OH is 1. The van der Waals surface area contributed by atoms with Crippen molar-refractivity contribution in [2.45, 2.75) is 6.54 Å². The van der Waals surface area contributed by atoms with Gasteiger partial charge in [-0.15, -0.1) is 0 Å². The molecule has 0 amide bonds. The van der Waals surface area contributed by atoms with Gasteiger partial charge in [0.15, 0.2) is 0 Å². The quantitative estimate of drug-likeness (QED) is 0.500. The summed E-state index contributed by atoms with van der Waals surface area (Å²) in [7, 11) is 0. The van der Waals surface area contributed by atoms with Crippen LogP contribution < -0.4 is 5.56 Å². The predicted octanol–water partition coefficient (Wildman–Crippen LogP) is 1.33. The number of aromatic nitrogens is 2. The molecule has 3 aromatic rings. The fraction of sp³-hybridized carbons (Fsp3) is 0.333. The van der Waals surface area contributed by atoms with Gasteiger partial charge in [-0.25, -0.2) is 4.79 Å². The SMILES string of the molecule is O=C(O)c1c[nH]c(=O)c(-c2cc3cc(CN4CCN(CCO)CC4)ccc3[nH]2)c1. The van der Waals surface area contributed by atoms with Crippen LogP contribution in [-0.4, -0.2) is 75.3 Å². The van der Waals surface area contributed by atoms with E-state index in [0.717, 1.165) is 50.2 Å². The summed E-state index contributed by atoms with van der Waals surface area (Å²) in [6.45, 7) is 5.62. The molecule has 3 heterocycles. The average molecular weight is 396 g/mol. The van der Waals surface area contributed by atoms with E-state index < -0.39 is 5.97 Å². The van der Waals surface area contributed by atoms with Crippen LogP contribution in [0.2, 0.25) is 0 Å². The van der Waals surface area contributed by atoms with Crippen LogP contribution in [0, 0.1) is 0 Å². The molecule has 0 radical (unpaired) electrons. The average Bonchev–Trinajstić information content (AvgIpc) is 3.13. The minimum atomic E-state index is -1.08. The maximum Gasteiger partial charge on any atom is 0.337 e. The van der Waals surface area contributed by atoms with Crippen molar-refractivity contribution in [2.24, 2.45) is 0 Å². The number of β-amino-alcohol motifs (C(OH)–C–C–N with tert-alkyl or cyclic N) is 1. The van der Waals surface area contributed by atoms with Crippen molar-refractivity contribution in [3.63, 3.8) is 0 Å². The Morgan fingerprint density at radius 1 is 1.07 bits per heavy atom. The monoisotopic (exact) mass is 396 g/mol. The molecule has 29 heavy (non-hydrogen) atoms. The molecule has 0 saturated carbocycles. The van der Waals surface area contributed by atoms with E-state index in [-0.39, 0.29) is 17.7 Å². The number of aliphatic hydroxyl groups is 1. The zero-order chi connectivity index (χ0) is 20.4. The topological polar surface area (TPSA) is 113 Å². The third kappa shape index (κ3) is 4.24. The molecule has 8 nitrogen and oxygen atoms in total. The number of pyridine rings is 1. The van der Waals surface area contributed by atoms with E-state index in [0.29, 0.717) is 11.3 Å². The zero-order valence-corrected chi connectivity index (χ0v) is 16.0. The molecule has 0 aliphatic carbocycles. The molecule has 1 aromatic carbocycles. The molecule has 1 aliphatic heterocycles. The summed E-state index contributed by atoms with van der Waals surface area (Å²) in [6, 6.07) is 9.43. The first kappa shape index (κ1) is 19.4. The Morgan fingerprint density at radius 2 is 1.83 bits per heavy atom. The highest BCUT2D eigenvalue weighted by atomic mass is 16.4. The smallest absolute Gasteiger partial charge is 0.337 e. The van der Waals surface area contributed by atoms with Crippen LogP contribution in [0.25, 0.3) is 22.2 Å². The second kappa shape index (κ2) is 8.20. The van der Waals surface area contributed by atoms with Gasteiger partial charge in [-0.1, -0.05) is 6.07 Å². The Hall–Kier alpha value is -2.94. The maximum absolute atomic E-state index is 12.2. The van der Waals surface area contributed by atoms with Gasteiger partial charge >= 0.3 is 5.97 Å². The van der Waals surface area contributed by atoms with Crippen LogP contribution >= 0.6 is 0 Å². The highest BCUT2D eigenvalue weighted by Crippen LogP contribution is 2.24. The number of benzene rings is 1. The molecule has 2 aromatic heterocycles. The minimum absolute atomic E-state index is 0.0410. The van der Waals surface area contributed by atoms with Gasteiger partial charge in [-0.2, -0.15) is 0 Å². The fourth-order valence-electron chi connectivity index (χ4n) is 3.80. The van der Waals surface area contributed by atoms with Gasteiger partial charge in [0.2, 0.25) is 0 Å². The van der Waals surface area contributed by atoms with Crippen LogP contribution in [0.4, 0.5) is 0 Å². The van der Waals surface area contributed by atoms with Gasteiger partial charge in [0, 0.05) is 56.4 Å². The van der Waals surface area contributed by atoms with Crippen molar-refractivity contribution in [3.05, 3.63) is 58.0 Å². The number of piperazine rings is 1. The number of fused-ring (bicyclic) bond motifs is 1. The van der Waals surface area contributed by atoms with Crippen LogP contribution in [-0.2, 0) is 6.54 Å². The first-order valence-electron chi connectivity index (χ1n) is 9.67. The molecule has 8 heteroatoms. The summed E-state index contributed by atoms with van der Waals surface area (Å²) in [4.78, 5) is 33.7. The molecule has 0 unspecified atom stereocenters. The van der Waals surface area contributed by atoms with Crippen molar-refractivity contribution >= 4 is 16.9 Å². The second-order valence-electron chi connectivity index (χ2n) is 7.38. The molecule has 1 aliphatic rings. The zero-order valence-electron chi connectivity index (χ0n) is 16.0. The van der Waals surface area contributed by atoms with Crippen LogP contribution in [0.15, 0.2) is 41.3 Å². The molecule has 1 fully saturated rings. The van der Waals surface area contributed by atoms with Gasteiger partial charge < -0.3 is 20.2 Å². The lowest BCUT2D eigenvalue weighted by Gasteiger charge is -2.34. The highest BCUT2D eigenvalue weighted by molar-refractivity contribution is 5.90. The number of carboxylic acids is 1. The van der Waals surface area contributed by atoms with Gasteiger partial charge in [0.05, 0.1) is 23.4 Å². The second-order valence-corrected chi connectivity index (χ2v) is 7.38. The van der Waals surface area contributed by atoms with Crippen LogP contribution in [0.1, 0.15) is 15.9 Å². The van der Waals surface area contributed by atoms with Crippen molar-refractivity contribution in [2.75, 3.05) is 39.3 Å². The van der Waals surface area contributed by atoms with E-state index in [1.807, 2.05) is 12.1 Å². The van der Waals surface area contributed by atoms with Crippen LogP contribution in [0.5, 0.6) is 0 Å². The van der Waals surface area contributed by atoms with E-state index in [4.69, 9.17) is 5.11 Å². The number of carboxylic acid groups (broad SMARTS) is 1.